The van der Waals surface area contributed by atoms with E-state index in [1.807, 2.05) is 12.3 Å². The predicted molar refractivity (Wildman–Crippen MR) is 114 cm³/mol. The van der Waals surface area contributed by atoms with Gasteiger partial charge in [0.15, 0.2) is 0 Å². The van der Waals surface area contributed by atoms with E-state index in [0.717, 1.165) is 11.4 Å². The summed E-state index contributed by atoms with van der Waals surface area (Å²) >= 11 is 0. The van der Waals surface area contributed by atoms with Gasteiger partial charge in [-0.25, -0.2) is 9.97 Å². The topological polar surface area (TPSA) is 63.1 Å². The second-order valence-electron chi connectivity index (χ2n) is 7.63. The minimum Gasteiger partial charge on any atom is -0.372 e. The standard InChI is InChI=1S/C23H27N5O/c1-27(20-5-3-2-4-6-20)21-10-7-18(8-11-21)15-26-23(29)19-9-12-22(25-16-19)28-14-13-24-17-28/h7-14,16-17,20H,2-6,15H2,1H3,(H,26,29). The summed E-state index contributed by atoms with van der Waals surface area (Å²) < 4.78 is 1.80. The lowest BCUT2D eigenvalue weighted by molar-refractivity contribution is 0.0950. The number of amides is 1. The van der Waals surface area contributed by atoms with Crippen molar-refractivity contribution in [3.8, 4) is 5.82 Å². The van der Waals surface area contributed by atoms with Crippen LogP contribution in [0, 0.1) is 0 Å². The van der Waals surface area contributed by atoms with Crippen molar-refractivity contribution in [2.75, 3.05) is 11.9 Å². The molecular weight excluding hydrogens is 362 g/mol. The van der Waals surface area contributed by atoms with Crippen LogP contribution in [0.4, 0.5) is 5.69 Å². The number of carbonyl (C=O) groups is 1. The molecule has 4 rings (SSSR count). The third kappa shape index (κ3) is 4.65. The van der Waals surface area contributed by atoms with Gasteiger partial charge in [-0.15, -0.1) is 0 Å². The summed E-state index contributed by atoms with van der Waals surface area (Å²) in [5, 5.41) is 2.97. The molecule has 0 unspecified atom stereocenters. The Balaban J connectivity index is 1.32. The summed E-state index contributed by atoms with van der Waals surface area (Å²) in [6.45, 7) is 0.496. The molecule has 0 radical (unpaired) electrons. The van der Waals surface area contributed by atoms with Gasteiger partial charge in [-0.05, 0) is 42.7 Å². The van der Waals surface area contributed by atoms with Gasteiger partial charge < -0.3 is 10.2 Å². The molecule has 1 aromatic carbocycles. The molecule has 0 atom stereocenters. The van der Waals surface area contributed by atoms with Crippen LogP contribution in [0.1, 0.15) is 48.0 Å². The number of benzene rings is 1. The third-order valence-corrected chi connectivity index (χ3v) is 5.70. The van der Waals surface area contributed by atoms with E-state index >= 15 is 0 Å². The summed E-state index contributed by atoms with van der Waals surface area (Å²) in [5.41, 5.74) is 2.87. The fourth-order valence-corrected chi connectivity index (χ4v) is 3.88. The molecule has 150 valence electrons. The molecule has 2 aromatic heterocycles. The number of carbonyl (C=O) groups excluding carboxylic acids is 1. The highest BCUT2D eigenvalue weighted by Crippen LogP contribution is 2.26. The fourth-order valence-electron chi connectivity index (χ4n) is 3.88. The molecule has 6 heteroatoms. The van der Waals surface area contributed by atoms with Crippen LogP contribution >= 0.6 is 0 Å². The molecule has 0 aliphatic heterocycles. The van der Waals surface area contributed by atoms with Crippen molar-refractivity contribution in [3.63, 3.8) is 0 Å². The molecule has 0 spiro atoms. The van der Waals surface area contributed by atoms with Crippen molar-refractivity contribution in [2.45, 2.75) is 44.7 Å². The van der Waals surface area contributed by atoms with E-state index in [-0.39, 0.29) is 5.91 Å². The molecule has 1 aliphatic carbocycles. The maximum absolute atomic E-state index is 12.4. The fraction of sp³-hybridized carbons (Fsp3) is 0.348. The number of hydrogen-bond acceptors (Lipinski definition) is 4. The van der Waals surface area contributed by atoms with E-state index < -0.39 is 0 Å². The minimum atomic E-state index is -0.127. The highest BCUT2D eigenvalue weighted by Gasteiger charge is 2.18. The van der Waals surface area contributed by atoms with Gasteiger partial charge in [0.1, 0.15) is 12.1 Å². The van der Waals surface area contributed by atoms with Gasteiger partial charge in [-0.1, -0.05) is 31.4 Å². The summed E-state index contributed by atoms with van der Waals surface area (Å²) in [6.07, 6.45) is 13.4. The lowest BCUT2D eigenvalue weighted by Gasteiger charge is -2.33. The van der Waals surface area contributed by atoms with Gasteiger partial charge in [0.2, 0.25) is 0 Å². The van der Waals surface area contributed by atoms with Crippen molar-refractivity contribution in [3.05, 3.63) is 72.4 Å². The third-order valence-electron chi connectivity index (χ3n) is 5.70. The number of nitrogens with one attached hydrogen (secondary N) is 1. The zero-order valence-corrected chi connectivity index (χ0v) is 16.8. The monoisotopic (exact) mass is 389 g/mol. The normalized spacial score (nSPS) is 14.5. The molecule has 1 saturated carbocycles. The molecule has 2 heterocycles. The largest absolute Gasteiger partial charge is 0.372 e. The Morgan fingerprint density at radius 2 is 1.93 bits per heavy atom. The number of nitrogens with zero attached hydrogens (tertiary/aromatic N) is 4. The average molecular weight is 390 g/mol. The SMILES string of the molecule is CN(c1ccc(CNC(=O)c2ccc(-n3ccnc3)nc2)cc1)C1CCCCC1. The van der Waals surface area contributed by atoms with Gasteiger partial charge in [-0.2, -0.15) is 0 Å². The van der Waals surface area contributed by atoms with Crippen LogP contribution < -0.4 is 10.2 Å². The van der Waals surface area contributed by atoms with E-state index in [2.05, 4.69) is 51.5 Å². The molecule has 1 aliphatic rings. The Morgan fingerprint density at radius 3 is 2.59 bits per heavy atom. The van der Waals surface area contributed by atoms with Crippen molar-refractivity contribution in [1.82, 2.24) is 19.9 Å². The van der Waals surface area contributed by atoms with Gasteiger partial charge >= 0.3 is 0 Å². The molecule has 6 nitrogen and oxygen atoms in total. The summed E-state index contributed by atoms with van der Waals surface area (Å²) in [7, 11) is 2.19. The zero-order valence-electron chi connectivity index (χ0n) is 16.8. The van der Waals surface area contributed by atoms with Crippen LogP contribution in [-0.4, -0.2) is 33.5 Å². The first kappa shape index (κ1) is 19.2. The molecule has 1 fully saturated rings. The second kappa shape index (κ2) is 8.90. The summed E-state index contributed by atoms with van der Waals surface area (Å²) in [6, 6.07) is 12.7. The maximum Gasteiger partial charge on any atom is 0.253 e. The first-order valence-electron chi connectivity index (χ1n) is 10.2. The highest BCUT2D eigenvalue weighted by molar-refractivity contribution is 5.93. The molecule has 1 amide bonds. The Labute approximate surface area is 171 Å². The summed E-state index contributed by atoms with van der Waals surface area (Å²) in [4.78, 5) is 23.1. The van der Waals surface area contributed by atoms with E-state index in [4.69, 9.17) is 0 Å². The highest BCUT2D eigenvalue weighted by atomic mass is 16.1. The van der Waals surface area contributed by atoms with Crippen LogP contribution in [0.25, 0.3) is 5.82 Å². The lowest BCUT2D eigenvalue weighted by Crippen LogP contribution is -2.33. The first-order valence-corrected chi connectivity index (χ1v) is 10.2. The number of pyridine rings is 1. The quantitative estimate of drug-likeness (QED) is 0.693. The number of aromatic nitrogens is 3. The Hall–Kier alpha value is -3.15. The lowest BCUT2D eigenvalue weighted by atomic mass is 9.94. The molecule has 29 heavy (non-hydrogen) atoms. The molecule has 0 saturated heterocycles. The smallest absolute Gasteiger partial charge is 0.253 e. The molecule has 0 bridgehead atoms. The first-order chi connectivity index (χ1) is 14.2. The van der Waals surface area contributed by atoms with Crippen molar-refractivity contribution >= 4 is 11.6 Å². The van der Waals surface area contributed by atoms with Crippen molar-refractivity contribution < 1.29 is 4.79 Å². The van der Waals surface area contributed by atoms with Gasteiger partial charge in [0.05, 0.1) is 5.56 Å². The number of hydrogen-bond donors (Lipinski definition) is 1. The van der Waals surface area contributed by atoms with Crippen LogP contribution in [0.15, 0.2) is 61.3 Å². The van der Waals surface area contributed by atoms with E-state index in [9.17, 15) is 4.79 Å². The molecular formula is C23H27N5O. The number of anilines is 1. The van der Waals surface area contributed by atoms with E-state index in [1.165, 1.54) is 37.8 Å². The second-order valence-corrected chi connectivity index (χ2v) is 7.63. The molecule has 1 N–H and O–H groups in total. The predicted octanol–water partition coefficient (Wildman–Crippen LogP) is 3.97. The minimum absolute atomic E-state index is 0.127. The Bertz CT molecular complexity index is 913. The van der Waals surface area contributed by atoms with Crippen LogP contribution in [0.3, 0.4) is 0 Å². The average Bonchev–Trinajstić information content (AvgIpc) is 3.33. The maximum atomic E-state index is 12.4. The van der Waals surface area contributed by atoms with Crippen LogP contribution in [0.2, 0.25) is 0 Å². The Kier molecular flexibility index (Phi) is 5.89. The van der Waals surface area contributed by atoms with Gasteiger partial charge in [0.25, 0.3) is 5.91 Å². The Morgan fingerprint density at radius 1 is 1.14 bits per heavy atom. The molecule has 3 aromatic rings. The van der Waals surface area contributed by atoms with Crippen molar-refractivity contribution in [1.29, 1.82) is 0 Å². The summed E-state index contributed by atoms with van der Waals surface area (Å²) in [5.74, 6) is 0.606. The van der Waals surface area contributed by atoms with Gasteiger partial charge in [-0.3, -0.25) is 9.36 Å². The number of rotatable bonds is 6. The van der Waals surface area contributed by atoms with Crippen molar-refractivity contribution in [2.24, 2.45) is 0 Å². The zero-order chi connectivity index (χ0) is 20.1. The van der Waals surface area contributed by atoms with Crippen LogP contribution in [-0.2, 0) is 6.54 Å². The van der Waals surface area contributed by atoms with Gasteiger partial charge in [0, 0.05) is 43.9 Å². The number of imidazole rings is 1. The van der Waals surface area contributed by atoms with Crippen LogP contribution in [0.5, 0.6) is 0 Å². The van der Waals surface area contributed by atoms with E-state index in [0.29, 0.717) is 18.2 Å². The van der Waals surface area contributed by atoms with E-state index in [1.54, 1.807) is 29.4 Å².